The van der Waals surface area contributed by atoms with Gasteiger partial charge in [0.15, 0.2) is 0 Å². The van der Waals surface area contributed by atoms with Gasteiger partial charge in [0.05, 0.1) is 12.2 Å². The molecule has 1 N–H and O–H groups in total. The fourth-order valence-corrected chi connectivity index (χ4v) is 2.09. The van der Waals surface area contributed by atoms with E-state index in [4.69, 9.17) is 10.00 Å². The van der Waals surface area contributed by atoms with Gasteiger partial charge < -0.3 is 10.1 Å². The summed E-state index contributed by atoms with van der Waals surface area (Å²) in [6.07, 6.45) is 0.668. The number of thiophene rings is 1. The quantitative estimate of drug-likeness (QED) is 0.745. The Kier molecular flexibility index (Phi) is 2.37. The van der Waals surface area contributed by atoms with Crippen molar-refractivity contribution in [2.75, 3.05) is 11.9 Å². The number of rotatable bonds is 2. The lowest BCUT2D eigenvalue weighted by Crippen LogP contribution is -2.24. The van der Waals surface area contributed by atoms with Gasteiger partial charge in [0.25, 0.3) is 0 Å². The van der Waals surface area contributed by atoms with Crippen molar-refractivity contribution in [1.82, 2.24) is 0 Å². The van der Waals surface area contributed by atoms with Crippen molar-refractivity contribution in [3.8, 4) is 6.07 Å². The molecule has 5 heteroatoms. The molecule has 2 heterocycles. The summed E-state index contributed by atoms with van der Waals surface area (Å²) in [6.45, 7) is 0.462. The van der Waals surface area contributed by atoms with Crippen LogP contribution in [0.5, 0.6) is 0 Å². The molecule has 0 bridgehead atoms. The van der Waals surface area contributed by atoms with Crippen LogP contribution in [0.2, 0.25) is 0 Å². The van der Waals surface area contributed by atoms with Crippen molar-refractivity contribution in [3.63, 3.8) is 0 Å². The van der Waals surface area contributed by atoms with E-state index in [0.29, 0.717) is 18.6 Å². The fraction of sp³-hybridized carbons (Fsp3) is 0.333. The molecule has 1 aromatic rings. The topological polar surface area (TPSA) is 62.1 Å². The lowest BCUT2D eigenvalue weighted by Gasteiger charge is -2.07. The molecule has 1 aliphatic heterocycles. The summed E-state index contributed by atoms with van der Waals surface area (Å²) in [5, 5.41) is 14.3. The van der Waals surface area contributed by atoms with Gasteiger partial charge in [-0.25, -0.2) is 4.79 Å². The Morgan fingerprint density at radius 1 is 1.71 bits per heavy atom. The third kappa shape index (κ3) is 1.56. The third-order valence-electron chi connectivity index (χ3n) is 2.03. The molecule has 1 saturated heterocycles. The highest BCUT2D eigenvalue weighted by molar-refractivity contribution is 7.14. The van der Waals surface area contributed by atoms with E-state index in [9.17, 15) is 4.79 Å². The van der Waals surface area contributed by atoms with Crippen molar-refractivity contribution in [3.05, 3.63) is 17.0 Å². The van der Waals surface area contributed by atoms with Crippen LogP contribution >= 0.6 is 11.3 Å². The number of nitriles is 1. The molecule has 14 heavy (non-hydrogen) atoms. The minimum Gasteiger partial charge on any atom is -0.464 e. The van der Waals surface area contributed by atoms with E-state index in [2.05, 4.69) is 11.4 Å². The van der Waals surface area contributed by atoms with Gasteiger partial charge in [0, 0.05) is 6.42 Å². The molecule has 0 amide bonds. The van der Waals surface area contributed by atoms with Gasteiger partial charge in [-0.1, -0.05) is 0 Å². The van der Waals surface area contributed by atoms with E-state index in [1.165, 1.54) is 11.3 Å². The molecule has 0 aromatic carbocycles. The molecule has 1 aromatic heterocycles. The molecule has 1 atom stereocenters. The van der Waals surface area contributed by atoms with Gasteiger partial charge in [-0.05, 0) is 11.4 Å². The number of carbonyl (C=O) groups is 1. The molecule has 0 aliphatic carbocycles. The Bertz CT molecular complexity index is 394. The van der Waals surface area contributed by atoms with Gasteiger partial charge in [-0.2, -0.15) is 5.26 Å². The predicted octanol–water partition coefficient (Wildman–Crippen LogP) is 1.35. The Labute approximate surface area is 85.1 Å². The van der Waals surface area contributed by atoms with Crippen LogP contribution in [-0.4, -0.2) is 18.6 Å². The summed E-state index contributed by atoms with van der Waals surface area (Å²) in [4.78, 5) is 11.1. The lowest BCUT2D eigenvalue weighted by atomic mass is 10.2. The van der Waals surface area contributed by atoms with Crippen molar-refractivity contribution in [1.29, 1.82) is 5.26 Å². The van der Waals surface area contributed by atoms with Gasteiger partial charge in [-0.15, -0.1) is 11.3 Å². The Morgan fingerprint density at radius 2 is 2.57 bits per heavy atom. The van der Waals surface area contributed by atoms with Gasteiger partial charge >= 0.3 is 5.97 Å². The largest absolute Gasteiger partial charge is 0.464 e. The average molecular weight is 208 g/mol. The zero-order chi connectivity index (χ0) is 9.97. The van der Waals surface area contributed by atoms with E-state index in [0.717, 1.165) is 5.00 Å². The van der Waals surface area contributed by atoms with Crippen LogP contribution in [0.1, 0.15) is 12.0 Å². The number of anilines is 1. The molecule has 4 nitrogen and oxygen atoms in total. The van der Waals surface area contributed by atoms with E-state index >= 15 is 0 Å². The van der Waals surface area contributed by atoms with Crippen molar-refractivity contribution >= 4 is 22.3 Å². The molecule has 1 fully saturated rings. The summed E-state index contributed by atoms with van der Waals surface area (Å²) < 4.78 is 4.81. The Hall–Kier alpha value is -1.54. The molecular weight excluding hydrogens is 200 g/mol. The van der Waals surface area contributed by atoms with E-state index < -0.39 is 0 Å². The maximum absolute atomic E-state index is 11.1. The Balaban J connectivity index is 2.11. The highest BCUT2D eigenvalue weighted by atomic mass is 32.1. The second-order valence-corrected chi connectivity index (χ2v) is 3.84. The summed E-state index contributed by atoms with van der Waals surface area (Å²) in [7, 11) is 0. The van der Waals surface area contributed by atoms with E-state index in [1.807, 2.05) is 5.38 Å². The van der Waals surface area contributed by atoms with Crippen LogP contribution in [0.3, 0.4) is 0 Å². The first-order chi connectivity index (χ1) is 6.81. The van der Waals surface area contributed by atoms with E-state index in [1.54, 1.807) is 6.07 Å². The monoisotopic (exact) mass is 208 g/mol. The molecular formula is C9H8N2O2S. The number of hydrogen-bond acceptors (Lipinski definition) is 5. The third-order valence-corrected chi connectivity index (χ3v) is 2.87. The second kappa shape index (κ2) is 3.68. The molecule has 1 unspecified atom stereocenters. The minimum atomic E-state index is -0.291. The number of nitrogens with zero attached hydrogens (tertiary/aromatic N) is 1. The molecule has 2 rings (SSSR count). The van der Waals surface area contributed by atoms with Gasteiger partial charge in [0.2, 0.25) is 0 Å². The number of ether oxygens (including phenoxy) is 1. The zero-order valence-corrected chi connectivity index (χ0v) is 8.13. The maximum Gasteiger partial charge on any atom is 0.328 e. The standard InChI is InChI=1S/C9H8N2O2S/c10-5-6-2-4-14-8(6)11-7-1-3-13-9(7)12/h2,4,7,11H,1,3H2. The van der Waals surface area contributed by atoms with Crippen molar-refractivity contribution in [2.24, 2.45) is 0 Å². The molecule has 0 saturated carbocycles. The summed E-state index contributed by atoms with van der Waals surface area (Å²) in [6, 6.07) is 3.50. The van der Waals surface area contributed by atoms with Crippen LogP contribution < -0.4 is 5.32 Å². The highest BCUT2D eigenvalue weighted by Crippen LogP contribution is 2.24. The first-order valence-electron chi connectivity index (χ1n) is 4.22. The van der Waals surface area contributed by atoms with Crippen LogP contribution in [0, 0.1) is 11.3 Å². The molecule has 72 valence electrons. The average Bonchev–Trinajstić information content (AvgIpc) is 2.77. The zero-order valence-electron chi connectivity index (χ0n) is 7.32. The molecule has 1 aliphatic rings. The SMILES string of the molecule is N#Cc1ccsc1NC1CCOC1=O. The predicted molar refractivity (Wildman–Crippen MR) is 52.0 cm³/mol. The van der Waals surface area contributed by atoms with Crippen LogP contribution in [0.15, 0.2) is 11.4 Å². The van der Waals surface area contributed by atoms with Crippen LogP contribution in [-0.2, 0) is 9.53 Å². The number of carbonyl (C=O) groups excluding carboxylic acids is 1. The smallest absolute Gasteiger partial charge is 0.328 e. The van der Waals surface area contributed by atoms with Gasteiger partial charge in [0.1, 0.15) is 17.1 Å². The van der Waals surface area contributed by atoms with Crippen molar-refractivity contribution in [2.45, 2.75) is 12.5 Å². The van der Waals surface area contributed by atoms with Crippen LogP contribution in [0.4, 0.5) is 5.00 Å². The first-order valence-corrected chi connectivity index (χ1v) is 5.10. The highest BCUT2D eigenvalue weighted by Gasteiger charge is 2.27. The summed E-state index contributed by atoms with van der Waals surface area (Å²) in [5.74, 6) is -0.234. The summed E-state index contributed by atoms with van der Waals surface area (Å²) >= 11 is 1.42. The number of hydrogen-bond donors (Lipinski definition) is 1. The fourth-order valence-electron chi connectivity index (χ4n) is 1.29. The second-order valence-electron chi connectivity index (χ2n) is 2.93. The number of nitrogens with one attached hydrogen (secondary N) is 1. The van der Waals surface area contributed by atoms with Crippen molar-refractivity contribution < 1.29 is 9.53 Å². The van der Waals surface area contributed by atoms with Crippen LogP contribution in [0.25, 0.3) is 0 Å². The molecule has 0 spiro atoms. The van der Waals surface area contributed by atoms with E-state index in [-0.39, 0.29) is 12.0 Å². The van der Waals surface area contributed by atoms with Gasteiger partial charge in [-0.3, -0.25) is 0 Å². The number of cyclic esters (lactones) is 1. The molecule has 0 radical (unpaired) electrons. The normalized spacial score (nSPS) is 20.2. The summed E-state index contributed by atoms with van der Waals surface area (Å²) in [5.41, 5.74) is 0.578. The number of esters is 1. The lowest BCUT2D eigenvalue weighted by molar-refractivity contribution is -0.138. The Morgan fingerprint density at radius 3 is 3.21 bits per heavy atom. The maximum atomic E-state index is 11.1. The first kappa shape index (κ1) is 9.03. The minimum absolute atomic E-state index is 0.234.